The normalized spacial score (nSPS) is 10.6. The molecule has 0 bridgehead atoms. The van der Waals surface area contributed by atoms with Crippen molar-refractivity contribution in [3.05, 3.63) is 44.9 Å². The molecule has 0 aromatic heterocycles. The summed E-state index contributed by atoms with van der Waals surface area (Å²) in [5, 5.41) is 2.97. The van der Waals surface area contributed by atoms with Crippen molar-refractivity contribution in [1.82, 2.24) is 0 Å². The zero-order chi connectivity index (χ0) is 11.0. The Labute approximate surface area is 102 Å². The smallest absolute Gasteiger partial charge is 0.151 e. The molecule has 0 aliphatic carbocycles. The molecule has 0 amide bonds. The van der Waals surface area contributed by atoms with E-state index in [1.807, 2.05) is 0 Å². The van der Waals surface area contributed by atoms with Gasteiger partial charge in [-0.3, -0.25) is 4.79 Å². The van der Waals surface area contributed by atoms with Gasteiger partial charge in [0.25, 0.3) is 0 Å². The number of benzene rings is 2. The van der Waals surface area contributed by atoms with Crippen LogP contribution in [0.5, 0.6) is 0 Å². The molecule has 0 aliphatic rings. The molecule has 0 heterocycles. The van der Waals surface area contributed by atoms with Crippen molar-refractivity contribution in [3.8, 4) is 0 Å². The Bertz CT molecular complexity index is 549. The summed E-state index contributed by atoms with van der Waals surface area (Å²) in [4.78, 5) is 10.7. The number of carbonyl (C=O) groups excluding carboxylic acids is 1. The summed E-state index contributed by atoms with van der Waals surface area (Å²) in [5.74, 6) is 0. The van der Waals surface area contributed by atoms with Gasteiger partial charge in [-0.2, -0.15) is 0 Å². The van der Waals surface area contributed by atoms with Crippen molar-refractivity contribution in [3.63, 3.8) is 0 Å². The summed E-state index contributed by atoms with van der Waals surface area (Å²) in [6.45, 7) is 0. The lowest BCUT2D eigenvalue weighted by Gasteiger charge is -2.05. The van der Waals surface area contributed by atoms with E-state index in [0.717, 1.165) is 10.8 Å². The average Bonchev–Trinajstić information content (AvgIpc) is 2.23. The number of hydrogen-bond donors (Lipinski definition) is 0. The maximum atomic E-state index is 10.7. The fourth-order valence-corrected chi connectivity index (χ4v) is 2.05. The highest BCUT2D eigenvalue weighted by atomic mass is 35.5. The van der Waals surface area contributed by atoms with E-state index >= 15 is 0 Å². The van der Waals surface area contributed by atoms with E-state index in [1.54, 1.807) is 24.3 Å². The van der Waals surface area contributed by atoms with Crippen LogP contribution in [0.15, 0.2) is 24.3 Å². The molecule has 0 N–H and O–H groups in total. The molecular weight excluding hydrogens is 254 g/mol. The van der Waals surface area contributed by atoms with Crippen LogP contribution in [0.25, 0.3) is 10.8 Å². The van der Waals surface area contributed by atoms with Crippen molar-refractivity contribution in [1.29, 1.82) is 0 Å². The predicted molar refractivity (Wildman–Crippen MR) is 64.4 cm³/mol. The van der Waals surface area contributed by atoms with Gasteiger partial charge in [0.05, 0.1) is 5.02 Å². The van der Waals surface area contributed by atoms with Gasteiger partial charge in [0.15, 0.2) is 6.29 Å². The number of fused-ring (bicyclic) bond motifs is 1. The number of aldehydes is 1. The Kier molecular flexibility index (Phi) is 2.87. The van der Waals surface area contributed by atoms with Crippen LogP contribution in [-0.2, 0) is 0 Å². The fourth-order valence-electron chi connectivity index (χ4n) is 1.40. The molecule has 0 aliphatic heterocycles. The highest BCUT2D eigenvalue weighted by molar-refractivity contribution is 6.41. The van der Waals surface area contributed by atoms with Crippen LogP contribution in [0.3, 0.4) is 0 Å². The van der Waals surface area contributed by atoms with E-state index in [4.69, 9.17) is 34.8 Å². The summed E-state index contributed by atoms with van der Waals surface area (Å²) >= 11 is 17.9. The van der Waals surface area contributed by atoms with Crippen molar-refractivity contribution < 1.29 is 4.79 Å². The lowest BCUT2D eigenvalue weighted by atomic mass is 10.1. The van der Waals surface area contributed by atoms with Gasteiger partial charge in [-0.15, -0.1) is 0 Å². The second-order valence-electron chi connectivity index (χ2n) is 3.07. The van der Waals surface area contributed by atoms with Crippen molar-refractivity contribution in [2.24, 2.45) is 0 Å². The third-order valence-electron chi connectivity index (χ3n) is 2.15. The fraction of sp³-hybridized carbons (Fsp3) is 0. The molecule has 0 unspecified atom stereocenters. The minimum Gasteiger partial charge on any atom is -0.298 e. The number of hydrogen-bond acceptors (Lipinski definition) is 1. The minimum absolute atomic E-state index is 0.377. The first-order valence-electron chi connectivity index (χ1n) is 4.16. The Morgan fingerprint density at radius 2 is 1.40 bits per heavy atom. The standard InChI is InChI=1S/C11H5Cl3O/c12-9-1-2-10(13)8-4-11(14)6(5-15)3-7(8)9/h1-5H. The van der Waals surface area contributed by atoms with E-state index in [1.165, 1.54) is 0 Å². The molecule has 4 heteroatoms. The molecule has 0 spiro atoms. The molecule has 0 radical (unpaired) electrons. The maximum Gasteiger partial charge on any atom is 0.151 e. The van der Waals surface area contributed by atoms with Crippen LogP contribution in [0.4, 0.5) is 0 Å². The van der Waals surface area contributed by atoms with E-state index in [9.17, 15) is 4.79 Å². The zero-order valence-corrected chi connectivity index (χ0v) is 9.70. The van der Waals surface area contributed by atoms with Crippen molar-refractivity contribution in [2.75, 3.05) is 0 Å². The molecule has 15 heavy (non-hydrogen) atoms. The number of rotatable bonds is 1. The van der Waals surface area contributed by atoms with Gasteiger partial charge in [0.2, 0.25) is 0 Å². The van der Waals surface area contributed by atoms with Gasteiger partial charge in [0, 0.05) is 26.4 Å². The zero-order valence-electron chi connectivity index (χ0n) is 7.43. The van der Waals surface area contributed by atoms with E-state index in [2.05, 4.69) is 0 Å². The number of carbonyl (C=O) groups is 1. The lowest BCUT2D eigenvalue weighted by Crippen LogP contribution is -1.84. The molecule has 2 aromatic carbocycles. The third kappa shape index (κ3) is 1.83. The molecule has 1 nitrogen and oxygen atoms in total. The molecule has 0 atom stereocenters. The van der Waals surface area contributed by atoms with E-state index in [0.29, 0.717) is 26.9 Å². The summed E-state index contributed by atoms with van der Waals surface area (Å²) < 4.78 is 0. The van der Waals surface area contributed by atoms with Gasteiger partial charge in [-0.25, -0.2) is 0 Å². The predicted octanol–water partition coefficient (Wildman–Crippen LogP) is 4.61. The van der Waals surface area contributed by atoms with Crippen LogP contribution in [0.2, 0.25) is 15.1 Å². The quantitative estimate of drug-likeness (QED) is 0.683. The second kappa shape index (κ2) is 4.01. The van der Waals surface area contributed by atoms with Gasteiger partial charge < -0.3 is 0 Å². The molecule has 0 saturated heterocycles. The summed E-state index contributed by atoms with van der Waals surface area (Å²) in [6.07, 6.45) is 0.693. The van der Waals surface area contributed by atoms with Crippen LogP contribution < -0.4 is 0 Å². The lowest BCUT2D eigenvalue weighted by molar-refractivity contribution is 0.112. The Balaban J connectivity index is 2.92. The Morgan fingerprint density at radius 3 is 1.93 bits per heavy atom. The van der Waals surface area contributed by atoms with Gasteiger partial charge in [-0.1, -0.05) is 34.8 Å². The minimum atomic E-state index is 0.377. The third-order valence-corrected chi connectivity index (χ3v) is 3.14. The number of halogens is 3. The van der Waals surface area contributed by atoms with Crippen LogP contribution >= 0.6 is 34.8 Å². The summed E-state index contributed by atoms with van der Waals surface area (Å²) in [7, 11) is 0. The van der Waals surface area contributed by atoms with Crippen LogP contribution in [0.1, 0.15) is 10.4 Å². The molecular formula is C11H5Cl3O. The molecule has 0 saturated carbocycles. The van der Waals surface area contributed by atoms with E-state index < -0.39 is 0 Å². The molecule has 2 aromatic rings. The van der Waals surface area contributed by atoms with E-state index in [-0.39, 0.29) is 0 Å². The monoisotopic (exact) mass is 258 g/mol. The molecule has 0 fully saturated rings. The topological polar surface area (TPSA) is 17.1 Å². The Morgan fingerprint density at radius 1 is 0.867 bits per heavy atom. The van der Waals surface area contributed by atoms with Crippen molar-refractivity contribution >= 4 is 51.9 Å². The van der Waals surface area contributed by atoms with Crippen LogP contribution in [-0.4, -0.2) is 6.29 Å². The SMILES string of the molecule is O=Cc1cc2c(Cl)ccc(Cl)c2cc1Cl. The highest BCUT2D eigenvalue weighted by Crippen LogP contribution is 2.33. The first kappa shape index (κ1) is 10.7. The first-order chi connectivity index (χ1) is 7.13. The second-order valence-corrected chi connectivity index (χ2v) is 4.29. The molecule has 76 valence electrons. The van der Waals surface area contributed by atoms with Crippen LogP contribution in [0, 0.1) is 0 Å². The largest absolute Gasteiger partial charge is 0.298 e. The highest BCUT2D eigenvalue weighted by Gasteiger charge is 2.07. The van der Waals surface area contributed by atoms with Gasteiger partial charge in [-0.05, 0) is 24.3 Å². The molecule has 2 rings (SSSR count). The Hall–Kier alpha value is -0.760. The van der Waals surface area contributed by atoms with Gasteiger partial charge in [0.1, 0.15) is 0 Å². The summed E-state index contributed by atoms with van der Waals surface area (Å²) in [5.41, 5.74) is 0.410. The van der Waals surface area contributed by atoms with Gasteiger partial charge >= 0.3 is 0 Å². The first-order valence-corrected chi connectivity index (χ1v) is 5.29. The summed E-state index contributed by atoms with van der Waals surface area (Å²) in [6, 6.07) is 6.67. The van der Waals surface area contributed by atoms with Crippen molar-refractivity contribution in [2.45, 2.75) is 0 Å². The maximum absolute atomic E-state index is 10.7. The average molecular weight is 260 g/mol.